The third-order valence-electron chi connectivity index (χ3n) is 2.99. The zero-order valence-electron chi connectivity index (χ0n) is 10.4. The predicted molar refractivity (Wildman–Crippen MR) is 64.3 cm³/mol. The Bertz CT molecular complexity index is 561. The number of nitrogens with zero attached hydrogens (tertiary/aromatic N) is 2. The summed E-state index contributed by atoms with van der Waals surface area (Å²) in [5, 5.41) is 14.2. The van der Waals surface area contributed by atoms with Gasteiger partial charge in [0.2, 0.25) is 0 Å². The van der Waals surface area contributed by atoms with Crippen LogP contribution in [0.15, 0.2) is 11.2 Å². The molecule has 0 saturated carbocycles. The average molecular weight is 289 g/mol. The zero-order valence-corrected chi connectivity index (χ0v) is 11.2. The lowest BCUT2D eigenvalue weighted by molar-refractivity contribution is 0.0692. The molecule has 1 aliphatic rings. The number of hydrogen-bond donors (Lipinski definition) is 2. The molecule has 1 aromatic rings. The van der Waals surface area contributed by atoms with Crippen molar-refractivity contribution in [1.82, 2.24) is 14.5 Å². The van der Waals surface area contributed by atoms with Crippen molar-refractivity contribution in [3.05, 3.63) is 11.8 Å². The van der Waals surface area contributed by atoms with Gasteiger partial charge in [-0.3, -0.25) is 5.10 Å². The lowest BCUT2D eigenvalue weighted by Crippen LogP contribution is -2.35. The van der Waals surface area contributed by atoms with Gasteiger partial charge < -0.3 is 9.84 Å². The van der Waals surface area contributed by atoms with Crippen LogP contribution in [0.1, 0.15) is 23.2 Å². The Balaban J connectivity index is 2.20. The summed E-state index contributed by atoms with van der Waals surface area (Å²) in [7, 11) is -2.51. The van der Waals surface area contributed by atoms with E-state index in [9.17, 15) is 13.2 Å². The van der Waals surface area contributed by atoms with E-state index in [2.05, 4.69) is 10.2 Å². The highest BCUT2D eigenvalue weighted by Crippen LogP contribution is 2.19. The van der Waals surface area contributed by atoms with Crippen LogP contribution in [0.5, 0.6) is 0 Å². The van der Waals surface area contributed by atoms with Crippen LogP contribution in [0, 0.1) is 0 Å². The largest absolute Gasteiger partial charge is 0.478 e. The molecule has 1 aromatic heterocycles. The maximum Gasteiger partial charge on any atom is 0.340 e. The zero-order chi connectivity index (χ0) is 14.0. The Morgan fingerprint density at radius 1 is 1.68 bits per heavy atom. The number of carboxylic acids is 1. The number of likely N-dealkylation sites (N-methyl/N-ethyl adjacent to an activating group) is 1. The molecule has 0 aliphatic carbocycles. The Morgan fingerprint density at radius 3 is 3.00 bits per heavy atom. The number of carboxylic acid groups (broad SMARTS) is 1. The van der Waals surface area contributed by atoms with Crippen molar-refractivity contribution in [3.8, 4) is 0 Å². The number of aromatic nitrogens is 2. The molecule has 0 bridgehead atoms. The fourth-order valence-electron chi connectivity index (χ4n) is 1.95. The van der Waals surface area contributed by atoms with Gasteiger partial charge in [-0.25, -0.2) is 13.2 Å². The number of H-pyrrole nitrogens is 1. The van der Waals surface area contributed by atoms with E-state index in [0.29, 0.717) is 6.61 Å². The first-order valence-electron chi connectivity index (χ1n) is 5.77. The minimum Gasteiger partial charge on any atom is -0.478 e. The molecule has 1 saturated heterocycles. The topological polar surface area (TPSA) is 113 Å². The Kier molecular flexibility index (Phi) is 3.88. The second-order valence-electron chi connectivity index (χ2n) is 4.34. The van der Waals surface area contributed by atoms with E-state index < -0.39 is 21.0 Å². The quantitative estimate of drug-likeness (QED) is 0.783. The molecular formula is C10H15N3O5S. The number of carbonyl (C=O) groups is 1. The maximum absolute atomic E-state index is 12.2. The first kappa shape index (κ1) is 14.0. The van der Waals surface area contributed by atoms with E-state index >= 15 is 0 Å². The summed E-state index contributed by atoms with van der Waals surface area (Å²) in [6.45, 7) is 0.823. The van der Waals surface area contributed by atoms with Gasteiger partial charge in [0.15, 0.2) is 5.03 Å². The predicted octanol–water partition coefficient (Wildman–Crippen LogP) is -0.0926. The highest BCUT2D eigenvalue weighted by molar-refractivity contribution is 7.89. The first-order chi connectivity index (χ1) is 8.93. The molecule has 0 amide bonds. The second-order valence-corrected chi connectivity index (χ2v) is 6.32. The Hall–Kier alpha value is -1.45. The van der Waals surface area contributed by atoms with Crippen LogP contribution in [0.4, 0.5) is 0 Å². The van der Waals surface area contributed by atoms with Crippen molar-refractivity contribution in [1.29, 1.82) is 0 Å². The summed E-state index contributed by atoms with van der Waals surface area (Å²) in [4.78, 5) is 10.9. The summed E-state index contributed by atoms with van der Waals surface area (Å²) in [6, 6.07) is 0. The molecule has 0 spiro atoms. The molecule has 2 heterocycles. The molecule has 1 fully saturated rings. The molecular weight excluding hydrogens is 274 g/mol. The Morgan fingerprint density at radius 2 is 2.42 bits per heavy atom. The van der Waals surface area contributed by atoms with Gasteiger partial charge in [0.1, 0.15) is 5.56 Å². The van der Waals surface area contributed by atoms with Gasteiger partial charge in [-0.1, -0.05) is 0 Å². The van der Waals surface area contributed by atoms with Crippen molar-refractivity contribution < 1.29 is 23.1 Å². The van der Waals surface area contributed by atoms with Crippen LogP contribution < -0.4 is 0 Å². The molecule has 1 atom stereocenters. The Labute approximate surface area is 110 Å². The minimum absolute atomic E-state index is 0.143. The first-order valence-corrected chi connectivity index (χ1v) is 7.21. The number of aromatic carboxylic acids is 1. The van der Waals surface area contributed by atoms with Gasteiger partial charge in [0.05, 0.1) is 12.3 Å². The molecule has 2 N–H and O–H groups in total. The molecule has 0 aromatic carbocycles. The number of nitrogens with one attached hydrogen (secondary N) is 1. The number of sulfonamides is 1. The van der Waals surface area contributed by atoms with E-state index in [1.807, 2.05) is 0 Å². The smallest absolute Gasteiger partial charge is 0.340 e. The number of aromatic amines is 1. The van der Waals surface area contributed by atoms with Crippen LogP contribution in [0.3, 0.4) is 0 Å². The van der Waals surface area contributed by atoms with Crippen molar-refractivity contribution in [2.75, 3.05) is 20.2 Å². The van der Waals surface area contributed by atoms with Crippen molar-refractivity contribution >= 4 is 16.0 Å². The van der Waals surface area contributed by atoms with Crippen LogP contribution in [-0.4, -0.2) is 60.3 Å². The van der Waals surface area contributed by atoms with Gasteiger partial charge in [-0.05, 0) is 12.8 Å². The highest BCUT2D eigenvalue weighted by Gasteiger charge is 2.31. The van der Waals surface area contributed by atoms with E-state index in [1.165, 1.54) is 7.05 Å². The van der Waals surface area contributed by atoms with Gasteiger partial charge in [0.25, 0.3) is 10.0 Å². The van der Waals surface area contributed by atoms with Crippen molar-refractivity contribution in [3.63, 3.8) is 0 Å². The van der Waals surface area contributed by atoms with Crippen molar-refractivity contribution in [2.24, 2.45) is 0 Å². The number of hydrogen-bond acceptors (Lipinski definition) is 5. The molecule has 9 heteroatoms. The SMILES string of the molecule is CN(CC1CCCO1)S(=O)(=O)c1[nH]ncc1C(=O)O. The molecule has 106 valence electrons. The standard InChI is InChI=1S/C10H15N3O5S/c1-13(6-7-3-2-4-18-7)19(16,17)9-8(10(14)15)5-11-12-9/h5,7H,2-4,6H2,1H3,(H,11,12)(H,14,15). The van der Waals surface area contributed by atoms with Crippen LogP contribution in [0.2, 0.25) is 0 Å². The summed E-state index contributed by atoms with van der Waals surface area (Å²) >= 11 is 0. The van der Waals surface area contributed by atoms with Gasteiger partial charge in [-0.2, -0.15) is 9.40 Å². The lowest BCUT2D eigenvalue weighted by atomic mass is 10.2. The van der Waals surface area contributed by atoms with Gasteiger partial charge in [-0.15, -0.1) is 0 Å². The monoisotopic (exact) mass is 289 g/mol. The van der Waals surface area contributed by atoms with E-state index in [4.69, 9.17) is 9.84 Å². The molecule has 8 nitrogen and oxygen atoms in total. The van der Waals surface area contributed by atoms with Crippen LogP contribution in [0.25, 0.3) is 0 Å². The lowest BCUT2D eigenvalue weighted by Gasteiger charge is -2.19. The van der Waals surface area contributed by atoms with Crippen LogP contribution >= 0.6 is 0 Å². The van der Waals surface area contributed by atoms with Crippen LogP contribution in [-0.2, 0) is 14.8 Å². The maximum atomic E-state index is 12.2. The molecule has 19 heavy (non-hydrogen) atoms. The third-order valence-corrected chi connectivity index (χ3v) is 4.78. The fourth-order valence-corrected chi connectivity index (χ4v) is 3.21. The van der Waals surface area contributed by atoms with Gasteiger partial charge in [0, 0.05) is 20.2 Å². The normalized spacial score (nSPS) is 20.0. The molecule has 0 radical (unpaired) electrons. The second kappa shape index (κ2) is 5.27. The third kappa shape index (κ3) is 2.77. The van der Waals surface area contributed by atoms with E-state index in [0.717, 1.165) is 23.3 Å². The fraction of sp³-hybridized carbons (Fsp3) is 0.600. The molecule has 1 unspecified atom stereocenters. The summed E-state index contributed by atoms with van der Waals surface area (Å²) in [5.74, 6) is -1.34. The van der Waals surface area contributed by atoms with E-state index in [1.54, 1.807) is 0 Å². The summed E-state index contributed by atoms with van der Waals surface area (Å²) < 4.78 is 30.9. The molecule has 2 rings (SSSR count). The average Bonchev–Trinajstić information content (AvgIpc) is 2.98. The minimum atomic E-state index is -3.90. The van der Waals surface area contributed by atoms with E-state index in [-0.39, 0.29) is 18.2 Å². The highest BCUT2D eigenvalue weighted by atomic mass is 32.2. The van der Waals surface area contributed by atoms with Crippen molar-refractivity contribution in [2.45, 2.75) is 24.0 Å². The summed E-state index contributed by atoms with van der Waals surface area (Å²) in [5.41, 5.74) is -0.362. The summed E-state index contributed by atoms with van der Waals surface area (Å²) in [6.07, 6.45) is 2.54. The number of ether oxygens (including phenoxy) is 1. The van der Waals surface area contributed by atoms with Gasteiger partial charge >= 0.3 is 5.97 Å². The molecule has 1 aliphatic heterocycles. The number of rotatable bonds is 5.